The van der Waals surface area contributed by atoms with E-state index in [9.17, 15) is 26.7 Å². The summed E-state index contributed by atoms with van der Waals surface area (Å²) in [7, 11) is 3.18. The van der Waals surface area contributed by atoms with Crippen LogP contribution in [0.2, 0.25) is 0 Å². The van der Waals surface area contributed by atoms with Gasteiger partial charge in [-0.2, -0.15) is 10.1 Å². The summed E-state index contributed by atoms with van der Waals surface area (Å²) in [6, 6.07) is 0. The minimum Gasteiger partial charge on any atom is -0.383 e. The fourth-order valence-corrected chi connectivity index (χ4v) is 1.86. The quantitative estimate of drug-likeness (QED) is 0.363. The molecule has 0 N–H and O–H groups in total. The van der Waals surface area contributed by atoms with Gasteiger partial charge >= 0.3 is 0 Å². The van der Waals surface area contributed by atoms with E-state index < -0.39 is 40.7 Å². The average Bonchev–Trinajstić information content (AvgIpc) is 2.71. The zero-order chi connectivity index (χ0) is 16.8. The minimum absolute atomic E-state index is 0.0195. The second kappa shape index (κ2) is 5.39. The summed E-state index contributed by atoms with van der Waals surface area (Å²) in [5.74, 6) is -11.8. The Morgan fingerprint density at radius 2 is 1.41 bits per heavy atom. The molecule has 0 fully saturated rings. The number of carbonyl (C=O) groups is 1. The Bertz CT molecular complexity index is 698. The SMILES string of the molecule is CC1=NN(c2c(F)c(F)c(F)c(F)c2F)C(=O)/C1=C\N(C)C. The highest BCUT2D eigenvalue weighted by Gasteiger charge is 2.37. The number of hydrogen-bond acceptors (Lipinski definition) is 3. The van der Waals surface area contributed by atoms with Crippen LogP contribution >= 0.6 is 0 Å². The van der Waals surface area contributed by atoms with E-state index in [1.54, 1.807) is 14.1 Å². The van der Waals surface area contributed by atoms with E-state index in [0.717, 1.165) is 0 Å². The Labute approximate surface area is 122 Å². The summed E-state index contributed by atoms with van der Waals surface area (Å²) in [4.78, 5) is 13.6. The third-order valence-electron chi connectivity index (χ3n) is 2.85. The van der Waals surface area contributed by atoms with Crippen LogP contribution in [0.3, 0.4) is 0 Å². The molecule has 4 nitrogen and oxygen atoms in total. The molecular formula is C13H10F5N3O. The second-order valence-corrected chi connectivity index (χ2v) is 4.73. The molecule has 2 rings (SSSR count). The minimum atomic E-state index is -2.30. The van der Waals surface area contributed by atoms with Crippen molar-refractivity contribution in [2.24, 2.45) is 5.10 Å². The number of carbonyl (C=O) groups excluding carboxylic acids is 1. The highest BCUT2D eigenvalue weighted by molar-refractivity contribution is 6.29. The van der Waals surface area contributed by atoms with Crippen molar-refractivity contribution in [3.63, 3.8) is 0 Å². The molecule has 1 heterocycles. The molecule has 0 aliphatic carbocycles. The van der Waals surface area contributed by atoms with Crippen LogP contribution in [-0.2, 0) is 4.79 Å². The molecule has 0 saturated heterocycles. The lowest BCUT2D eigenvalue weighted by molar-refractivity contribution is -0.114. The molecule has 1 aromatic carbocycles. The lowest BCUT2D eigenvalue weighted by Gasteiger charge is -2.15. The van der Waals surface area contributed by atoms with Crippen LogP contribution in [0.4, 0.5) is 27.6 Å². The Balaban J connectivity index is 2.63. The lowest BCUT2D eigenvalue weighted by atomic mass is 10.2. The van der Waals surface area contributed by atoms with Crippen molar-refractivity contribution >= 4 is 17.3 Å². The van der Waals surface area contributed by atoms with Gasteiger partial charge in [0.05, 0.1) is 11.3 Å². The highest BCUT2D eigenvalue weighted by Crippen LogP contribution is 2.33. The van der Waals surface area contributed by atoms with Gasteiger partial charge in [-0.1, -0.05) is 0 Å². The molecule has 0 atom stereocenters. The Kier molecular flexibility index (Phi) is 3.90. The molecule has 0 spiro atoms. The third-order valence-corrected chi connectivity index (χ3v) is 2.85. The highest BCUT2D eigenvalue weighted by atomic mass is 19.2. The summed E-state index contributed by atoms with van der Waals surface area (Å²) in [5.41, 5.74) is -1.33. The molecule has 9 heteroatoms. The van der Waals surface area contributed by atoms with Crippen molar-refractivity contribution < 1.29 is 26.7 Å². The largest absolute Gasteiger partial charge is 0.383 e. The lowest BCUT2D eigenvalue weighted by Crippen LogP contribution is -2.25. The Morgan fingerprint density at radius 1 is 0.955 bits per heavy atom. The predicted molar refractivity (Wildman–Crippen MR) is 68.6 cm³/mol. The molecule has 0 unspecified atom stereocenters. The van der Waals surface area contributed by atoms with Gasteiger partial charge in [0.25, 0.3) is 5.91 Å². The normalized spacial score (nSPS) is 16.5. The van der Waals surface area contributed by atoms with Crippen molar-refractivity contribution in [3.8, 4) is 0 Å². The fourth-order valence-electron chi connectivity index (χ4n) is 1.86. The molecule has 118 valence electrons. The molecule has 1 aliphatic rings. The fraction of sp³-hybridized carbons (Fsp3) is 0.231. The van der Waals surface area contributed by atoms with E-state index in [2.05, 4.69) is 5.10 Å². The maximum absolute atomic E-state index is 13.7. The standard InChI is InChI=1S/C13H10F5N3O/c1-5-6(4-20(2)3)13(22)21(19-5)12-10(17)8(15)7(14)9(16)11(12)18/h4H,1-3H3/b6-4-. The van der Waals surface area contributed by atoms with Crippen LogP contribution in [-0.4, -0.2) is 30.6 Å². The van der Waals surface area contributed by atoms with Crippen molar-refractivity contribution in [1.82, 2.24) is 4.90 Å². The van der Waals surface area contributed by atoms with E-state index in [-0.39, 0.29) is 16.3 Å². The van der Waals surface area contributed by atoms with E-state index in [1.165, 1.54) is 18.0 Å². The van der Waals surface area contributed by atoms with Crippen LogP contribution in [0.15, 0.2) is 16.9 Å². The topological polar surface area (TPSA) is 35.9 Å². The number of nitrogens with zero attached hydrogens (tertiary/aromatic N) is 3. The first-order chi connectivity index (χ1) is 10.2. The molecule has 22 heavy (non-hydrogen) atoms. The Hall–Kier alpha value is -2.45. The molecule has 1 aliphatic heterocycles. The number of amides is 1. The predicted octanol–water partition coefficient (Wildman–Crippen LogP) is 2.55. The van der Waals surface area contributed by atoms with E-state index in [0.29, 0.717) is 0 Å². The van der Waals surface area contributed by atoms with Gasteiger partial charge in [-0.05, 0) is 6.92 Å². The van der Waals surface area contributed by atoms with Gasteiger partial charge in [0.15, 0.2) is 23.3 Å². The van der Waals surface area contributed by atoms with Crippen molar-refractivity contribution in [2.45, 2.75) is 6.92 Å². The number of benzene rings is 1. The van der Waals surface area contributed by atoms with Crippen LogP contribution in [0.1, 0.15) is 6.92 Å². The first-order valence-electron chi connectivity index (χ1n) is 5.96. The van der Waals surface area contributed by atoms with Gasteiger partial charge in [-0.15, -0.1) is 0 Å². The number of hydrazone groups is 1. The summed E-state index contributed by atoms with van der Waals surface area (Å²) in [6.07, 6.45) is 1.33. The van der Waals surface area contributed by atoms with Crippen molar-refractivity contribution in [3.05, 3.63) is 40.9 Å². The van der Waals surface area contributed by atoms with Gasteiger partial charge in [-0.25, -0.2) is 22.0 Å². The number of hydrogen-bond donors (Lipinski definition) is 0. The molecule has 0 bridgehead atoms. The van der Waals surface area contributed by atoms with Gasteiger partial charge in [0, 0.05) is 20.3 Å². The number of rotatable bonds is 2. The summed E-state index contributed by atoms with van der Waals surface area (Å²) in [6.45, 7) is 1.37. The van der Waals surface area contributed by atoms with E-state index in [1.807, 2.05) is 0 Å². The van der Waals surface area contributed by atoms with E-state index >= 15 is 0 Å². The molecule has 0 saturated carbocycles. The first-order valence-corrected chi connectivity index (χ1v) is 5.96. The smallest absolute Gasteiger partial charge is 0.282 e. The zero-order valence-electron chi connectivity index (χ0n) is 11.7. The van der Waals surface area contributed by atoms with Crippen LogP contribution in [0.25, 0.3) is 0 Å². The third kappa shape index (κ3) is 2.32. The van der Waals surface area contributed by atoms with Crippen molar-refractivity contribution in [2.75, 3.05) is 19.1 Å². The van der Waals surface area contributed by atoms with Gasteiger partial charge in [-0.3, -0.25) is 4.79 Å². The van der Waals surface area contributed by atoms with Crippen LogP contribution < -0.4 is 5.01 Å². The number of anilines is 1. The molecule has 0 aromatic heterocycles. The summed E-state index contributed by atoms with van der Waals surface area (Å²) < 4.78 is 66.9. The van der Waals surface area contributed by atoms with Gasteiger partial charge < -0.3 is 4.90 Å². The van der Waals surface area contributed by atoms with Crippen LogP contribution in [0, 0.1) is 29.1 Å². The van der Waals surface area contributed by atoms with Crippen molar-refractivity contribution in [1.29, 1.82) is 0 Å². The van der Waals surface area contributed by atoms with Crippen LogP contribution in [0.5, 0.6) is 0 Å². The average molecular weight is 319 g/mol. The molecular weight excluding hydrogens is 309 g/mol. The number of halogens is 5. The molecule has 0 radical (unpaired) electrons. The van der Waals surface area contributed by atoms with Gasteiger partial charge in [0.1, 0.15) is 5.69 Å². The maximum atomic E-state index is 13.7. The summed E-state index contributed by atoms with van der Waals surface area (Å²) in [5, 5.41) is 3.75. The first kappa shape index (κ1) is 15.9. The van der Waals surface area contributed by atoms with E-state index in [4.69, 9.17) is 0 Å². The maximum Gasteiger partial charge on any atom is 0.282 e. The van der Waals surface area contributed by atoms with Gasteiger partial charge in [0.2, 0.25) is 5.82 Å². The molecule has 1 aromatic rings. The summed E-state index contributed by atoms with van der Waals surface area (Å²) >= 11 is 0. The molecule has 1 amide bonds. The monoisotopic (exact) mass is 319 g/mol. The zero-order valence-corrected chi connectivity index (χ0v) is 11.7. The second-order valence-electron chi connectivity index (χ2n) is 4.73. The Morgan fingerprint density at radius 3 is 1.86 bits per heavy atom.